The number of hydrogen-bond donors (Lipinski definition) is 2. The number of aliphatic imine (C=N–C) groups is 1. The number of nitrogens with two attached hydrogens (primary N) is 1. The maximum Gasteiger partial charge on any atom is 0.117 e. The van der Waals surface area contributed by atoms with Crippen LogP contribution in [0.2, 0.25) is 0 Å². The van der Waals surface area contributed by atoms with Gasteiger partial charge in [-0.25, -0.2) is 0 Å². The Bertz CT molecular complexity index is 377. The molecule has 0 saturated carbocycles. The lowest BCUT2D eigenvalue weighted by atomic mass is 10.3. The molecule has 1 aromatic carbocycles. The van der Waals surface area contributed by atoms with E-state index in [0.717, 1.165) is 11.4 Å². The highest BCUT2D eigenvalue weighted by Crippen LogP contribution is 2.18. The van der Waals surface area contributed by atoms with Crippen LogP contribution in [0, 0.1) is 0 Å². The number of aromatic hydroxyl groups is 1. The van der Waals surface area contributed by atoms with Crippen LogP contribution in [0.3, 0.4) is 0 Å². The number of benzene rings is 1. The molecule has 1 rings (SSSR count). The molecule has 1 aromatic rings. The Labute approximate surface area is 83.6 Å². The van der Waals surface area contributed by atoms with Crippen molar-refractivity contribution >= 4 is 11.4 Å². The highest BCUT2D eigenvalue weighted by atomic mass is 16.3. The largest absolute Gasteiger partial charge is 0.508 e. The molecule has 3 nitrogen and oxygen atoms in total. The fraction of sp³-hybridized carbons (Fsp3) is 0.182. The number of nitrogens with zero attached hydrogens (tertiary/aromatic N) is 1. The van der Waals surface area contributed by atoms with Gasteiger partial charge in [-0.15, -0.1) is 0 Å². The van der Waals surface area contributed by atoms with Crippen LogP contribution in [-0.2, 0) is 0 Å². The van der Waals surface area contributed by atoms with Gasteiger partial charge in [-0.3, -0.25) is 4.99 Å². The minimum Gasteiger partial charge on any atom is -0.508 e. The van der Waals surface area contributed by atoms with Gasteiger partial charge in [0, 0.05) is 17.5 Å². The average molecular weight is 190 g/mol. The minimum absolute atomic E-state index is 0.215. The van der Waals surface area contributed by atoms with Crippen molar-refractivity contribution in [2.24, 2.45) is 10.7 Å². The normalized spacial score (nSPS) is 13.0. The summed E-state index contributed by atoms with van der Waals surface area (Å²) >= 11 is 0. The van der Waals surface area contributed by atoms with E-state index in [-0.39, 0.29) is 5.75 Å². The first-order chi connectivity index (χ1) is 6.58. The number of rotatable bonds is 2. The Morgan fingerprint density at radius 2 is 2.14 bits per heavy atom. The Hall–Kier alpha value is -1.77. The number of allylic oxidation sites excluding steroid dienone is 2. The summed E-state index contributed by atoms with van der Waals surface area (Å²) < 4.78 is 0. The van der Waals surface area contributed by atoms with Gasteiger partial charge in [-0.2, -0.15) is 0 Å². The molecule has 0 aliphatic carbocycles. The van der Waals surface area contributed by atoms with E-state index in [1.807, 2.05) is 19.9 Å². The zero-order valence-electron chi connectivity index (χ0n) is 8.36. The molecule has 0 bridgehead atoms. The maximum atomic E-state index is 9.20. The zero-order valence-corrected chi connectivity index (χ0v) is 8.36. The molecule has 3 heteroatoms. The summed E-state index contributed by atoms with van der Waals surface area (Å²) in [5, 5.41) is 9.20. The van der Waals surface area contributed by atoms with Crippen molar-refractivity contribution in [1.29, 1.82) is 0 Å². The van der Waals surface area contributed by atoms with Gasteiger partial charge < -0.3 is 10.8 Å². The fourth-order valence-electron chi connectivity index (χ4n) is 1.13. The van der Waals surface area contributed by atoms with E-state index in [2.05, 4.69) is 4.99 Å². The predicted molar refractivity (Wildman–Crippen MR) is 58.8 cm³/mol. The maximum absolute atomic E-state index is 9.20. The third-order valence-corrected chi connectivity index (χ3v) is 1.57. The molecule has 0 radical (unpaired) electrons. The monoisotopic (exact) mass is 190 g/mol. The Balaban J connectivity index is 2.92. The highest BCUT2D eigenvalue weighted by molar-refractivity contribution is 5.95. The molecule has 3 N–H and O–H groups in total. The molecule has 0 spiro atoms. The van der Waals surface area contributed by atoms with E-state index in [1.54, 1.807) is 24.3 Å². The fourth-order valence-corrected chi connectivity index (χ4v) is 1.13. The number of phenols is 1. The van der Waals surface area contributed by atoms with Crippen molar-refractivity contribution in [3.05, 3.63) is 36.0 Å². The van der Waals surface area contributed by atoms with Gasteiger partial charge in [0.1, 0.15) is 5.75 Å². The molecule has 0 heterocycles. The molecular formula is C11H14N2O. The SMILES string of the molecule is CC(N)=CC(C)=Nc1cccc(O)c1. The van der Waals surface area contributed by atoms with E-state index >= 15 is 0 Å². The van der Waals surface area contributed by atoms with E-state index in [9.17, 15) is 5.11 Å². The van der Waals surface area contributed by atoms with Crippen LogP contribution in [-0.4, -0.2) is 10.8 Å². The first-order valence-corrected chi connectivity index (χ1v) is 4.36. The molecule has 74 valence electrons. The van der Waals surface area contributed by atoms with Gasteiger partial charge in [0.15, 0.2) is 0 Å². The van der Waals surface area contributed by atoms with Crippen molar-refractivity contribution < 1.29 is 5.11 Å². The summed E-state index contributed by atoms with van der Waals surface area (Å²) in [7, 11) is 0. The summed E-state index contributed by atoms with van der Waals surface area (Å²) in [5.74, 6) is 0.215. The van der Waals surface area contributed by atoms with Crippen LogP contribution in [0.1, 0.15) is 13.8 Å². The van der Waals surface area contributed by atoms with Crippen molar-refractivity contribution in [3.8, 4) is 5.75 Å². The second-order valence-corrected chi connectivity index (χ2v) is 3.16. The van der Waals surface area contributed by atoms with Crippen molar-refractivity contribution in [3.63, 3.8) is 0 Å². The standard InChI is InChI=1S/C11H14N2O/c1-8(12)6-9(2)13-10-4-3-5-11(14)7-10/h3-7,14H,12H2,1-2H3. The molecule has 0 fully saturated rings. The van der Waals surface area contributed by atoms with Gasteiger partial charge >= 0.3 is 0 Å². The van der Waals surface area contributed by atoms with Gasteiger partial charge in [0.05, 0.1) is 5.69 Å². The van der Waals surface area contributed by atoms with Crippen molar-refractivity contribution in [2.75, 3.05) is 0 Å². The summed E-state index contributed by atoms with van der Waals surface area (Å²) in [6, 6.07) is 6.78. The van der Waals surface area contributed by atoms with Crippen LogP contribution in [0.4, 0.5) is 5.69 Å². The topological polar surface area (TPSA) is 58.6 Å². The van der Waals surface area contributed by atoms with Gasteiger partial charge in [-0.05, 0) is 32.1 Å². The first-order valence-electron chi connectivity index (χ1n) is 4.36. The molecule has 0 atom stereocenters. The van der Waals surface area contributed by atoms with Crippen molar-refractivity contribution in [1.82, 2.24) is 0 Å². The average Bonchev–Trinajstić information content (AvgIpc) is 2.01. The Kier molecular flexibility index (Phi) is 3.29. The third kappa shape index (κ3) is 3.31. The quantitative estimate of drug-likeness (QED) is 0.703. The van der Waals surface area contributed by atoms with Crippen LogP contribution >= 0.6 is 0 Å². The van der Waals surface area contributed by atoms with E-state index in [4.69, 9.17) is 5.73 Å². The second-order valence-electron chi connectivity index (χ2n) is 3.16. The summed E-state index contributed by atoms with van der Waals surface area (Å²) in [4.78, 5) is 4.26. The molecule has 0 unspecified atom stereocenters. The van der Waals surface area contributed by atoms with Gasteiger partial charge in [0.25, 0.3) is 0 Å². The van der Waals surface area contributed by atoms with E-state index < -0.39 is 0 Å². The predicted octanol–water partition coefficient (Wildman–Crippen LogP) is 2.35. The summed E-state index contributed by atoms with van der Waals surface area (Å²) in [6.45, 7) is 3.67. The number of hydrogen-bond acceptors (Lipinski definition) is 3. The summed E-state index contributed by atoms with van der Waals surface area (Å²) in [6.07, 6.45) is 1.78. The molecule has 0 amide bonds. The lowest BCUT2D eigenvalue weighted by Crippen LogP contribution is -1.94. The molecule has 0 aromatic heterocycles. The molecular weight excluding hydrogens is 176 g/mol. The van der Waals surface area contributed by atoms with E-state index in [1.165, 1.54) is 0 Å². The third-order valence-electron chi connectivity index (χ3n) is 1.57. The number of phenolic OH excluding ortho intramolecular Hbond substituents is 1. The smallest absolute Gasteiger partial charge is 0.117 e. The lowest BCUT2D eigenvalue weighted by Gasteiger charge is -1.97. The van der Waals surface area contributed by atoms with Crippen LogP contribution in [0.5, 0.6) is 5.75 Å². The Morgan fingerprint density at radius 3 is 2.71 bits per heavy atom. The lowest BCUT2D eigenvalue weighted by molar-refractivity contribution is 0.475. The van der Waals surface area contributed by atoms with Gasteiger partial charge in [0.2, 0.25) is 0 Å². The van der Waals surface area contributed by atoms with Gasteiger partial charge in [-0.1, -0.05) is 6.07 Å². The van der Waals surface area contributed by atoms with Crippen molar-refractivity contribution in [2.45, 2.75) is 13.8 Å². The zero-order chi connectivity index (χ0) is 10.6. The molecule has 0 aliphatic rings. The molecule has 0 aliphatic heterocycles. The highest BCUT2D eigenvalue weighted by Gasteiger charge is 1.92. The minimum atomic E-state index is 0.215. The Morgan fingerprint density at radius 1 is 1.43 bits per heavy atom. The first kappa shape index (κ1) is 10.3. The van der Waals surface area contributed by atoms with E-state index in [0.29, 0.717) is 5.70 Å². The van der Waals surface area contributed by atoms with Crippen LogP contribution < -0.4 is 5.73 Å². The molecule has 14 heavy (non-hydrogen) atoms. The van der Waals surface area contributed by atoms with Crippen LogP contribution in [0.15, 0.2) is 41.0 Å². The molecule has 0 saturated heterocycles. The summed E-state index contributed by atoms with van der Waals surface area (Å²) in [5.41, 5.74) is 7.76. The van der Waals surface area contributed by atoms with Crippen LogP contribution in [0.25, 0.3) is 0 Å². The second kappa shape index (κ2) is 4.46.